The summed E-state index contributed by atoms with van der Waals surface area (Å²) in [5.41, 5.74) is 7.11. The lowest BCUT2D eigenvalue weighted by Gasteiger charge is -2.09. The number of aromatic nitrogens is 3. The van der Waals surface area contributed by atoms with Gasteiger partial charge in [-0.25, -0.2) is 9.89 Å². The molecular formula is C15H20N4OS. The van der Waals surface area contributed by atoms with Gasteiger partial charge in [0.2, 0.25) is 0 Å². The smallest absolute Gasteiger partial charge is 0.327 e. The maximum Gasteiger partial charge on any atom is 0.344 e. The second kappa shape index (κ2) is 6.07. The molecule has 0 radical (unpaired) electrons. The molecule has 2 aromatic rings. The van der Waals surface area contributed by atoms with Crippen molar-refractivity contribution < 1.29 is 0 Å². The molecule has 1 aromatic carbocycles. The van der Waals surface area contributed by atoms with E-state index in [0.29, 0.717) is 6.04 Å². The van der Waals surface area contributed by atoms with Crippen LogP contribution in [0.4, 0.5) is 0 Å². The normalized spacial score (nSPS) is 16.1. The fourth-order valence-electron chi connectivity index (χ4n) is 2.26. The highest BCUT2D eigenvalue weighted by Gasteiger charge is 2.28. The average molecular weight is 304 g/mol. The number of rotatable bonds is 6. The lowest BCUT2D eigenvalue weighted by atomic mass is 10.1. The summed E-state index contributed by atoms with van der Waals surface area (Å²) in [5.74, 6) is 0. The monoisotopic (exact) mass is 304 g/mol. The van der Waals surface area contributed by atoms with Gasteiger partial charge < -0.3 is 5.73 Å². The molecule has 3 N–H and O–H groups in total. The number of H-pyrrole nitrogens is 1. The van der Waals surface area contributed by atoms with Crippen molar-refractivity contribution in [2.75, 3.05) is 0 Å². The van der Waals surface area contributed by atoms with E-state index < -0.39 is 0 Å². The fraction of sp³-hybridized carbons (Fsp3) is 0.467. The first-order chi connectivity index (χ1) is 10.2. The first-order valence-corrected chi connectivity index (χ1v) is 8.18. The van der Waals surface area contributed by atoms with Gasteiger partial charge in [0, 0.05) is 17.0 Å². The van der Waals surface area contributed by atoms with Gasteiger partial charge in [0.25, 0.3) is 0 Å². The number of nitrogens with zero attached hydrogens (tertiary/aromatic N) is 2. The summed E-state index contributed by atoms with van der Waals surface area (Å²) in [6.07, 6.45) is 4.02. The molecule has 1 atom stereocenters. The van der Waals surface area contributed by atoms with Crippen molar-refractivity contribution in [1.29, 1.82) is 0 Å². The zero-order valence-electron chi connectivity index (χ0n) is 12.1. The number of benzene rings is 1. The Kier molecular flexibility index (Phi) is 4.17. The highest BCUT2D eigenvalue weighted by Crippen LogP contribution is 2.37. The second-order valence-corrected chi connectivity index (χ2v) is 6.57. The number of nitrogens with two attached hydrogens (primary N) is 1. The third kappa shape index (κ3) is 3.39. The van der Waals surface area contributed by atoms with E-state index in [0.717, 1.165) is 35.7 Å². The van der Waals surface area contributed by atoms with Gasteiger partial charge in [-0.05, 0) is 55.1 Å². The van der Waals surface area contributed by atoms with Crippen LogP contribution < -0.4 is 11.4 Å². The van der Waals surface area contributed by atoms with Crippen molar-refractivity contribution >= 4 is 11.8 Å². The Morgan fingerprint density at radius 2 is 2.14 bits per heavy atom. The molecule has 1 aromatic heterocycles. The number of nitrogens with one attached hydrogen (secondary N) is 1. The highest BCUT2D eigenvalue weighted by molar-refractivity contribution is 7.99. The largest absolute Gasteiger partial charge is 0.344 e. The van der Waals surface area contributed by atoms with E-state index in [1.165, 1.54) is 17.3 Å². The van der Waals surface area contributed by atoms with Gasteiger partial charge in [-0.3, -0.25) is 4.57 Å². The summed E-state index contributed by atoms with van der Waals surface area (Å²) >= 11 is 1.53. The molecule has 0 saturated heterocycles. The van der Waals surface area contributed by atoms with E-state index in [4.69, 9.17) is 5.73 Å². The fourth-order valence-corrected chi connectivity index (χ4v) is 3.17. The molecule has 1 aliphatic rings. The molecule has 1 saturated carbocycles. The molecule has 0 spiro atoms. The minimum atomic E-state index is -0.106. The zero-order chi connectivity index (χ0) is 14.8. The summed E-state index contributed by atoms with van der Waals surface area (Å²) in [6, 6.07) is 8.89. The Morgan fingerprint density at radius 3 is 2.76 bits per heavy atom. The number of hydrogen-bond acceptors (Lipinski definition) is 4. The summed E-state index contributed by atoms with van der Waals surface area (Å²) in [6.45, 7) is 2.10. The SMILES string of the molecule is CCC(N)Cc1ccc(Sc2n[nH]c(=O)n2C2CC2)cc1. The molecule has 1 unspecified atom stereocenters. The number of hydrogen-bond donors (Lipinski definition) is 2. The topological polar surface area (TPSA) is 76.7 Å². The average Bonchev–Trinajstić information content (AvgIpc) is 3.25. The maximum absolute atomic E-state index is 11.7. The Labute approximate surface area is 127 Å². The third-order valence-electron chi connectivity index (χ3n) is 3.74. The summed E-state index contributed by atoms with van der Waals surface area (Å²) in [7, 11) is 0. The lowest BCUT2D eigenvalue weighted by molar-refractivity contribution is 0.642. The van der Waals surface area contributed by atoms with Gasteiger partial charge in [0.1, 0.15) is 0 Å². The summed E-state index contributed by atoms with van der Waals surface area (Å²) in [5, 5.41) is 7.42. The molecule has 5 nitrogen and oxygen atoms in total. The van der Waals surface area contributed by atoms with Crippen LogP contribution >= 0.6 is 11.8 Å². The molecule has 0 aliphatic heterocycles. The Morgan fingerprint density at radius 1 is 1.43 bits per heavy atom. The van der Waals surface area contributed by atoms with E-state index in [2.05, 4.69) is 41.4 Å². The molecule has 1 aliphatic carbocycles. The van der Waals surface area contributed by atoms with Crippen molar-refractivity contribution in [3.05, 3.63) is 40.3 Å². The van der Waals surface area contributed by atoms with E-state index in [1.54, 1.807) is 4.57 Å². The standard InChI is InChI=1S/C15H20N4OS/c1-2-11(16)9-10-3-7-13(8-4-10)21-15-18-17-14(20)19(15)12-5-6-12/h3-4,7-8,11-12H,2,5-6,9,16H2,1H3,(H,17,20). The van der Waals surface area contributed by atoms with Crippen molar-refractivity contribution in [3.8, 4) is 0 Å². The first-order valence-electron chi connectivity index (χ1n) is 7.36. The van der Waals surface area contributed by atoms with Crippen LogP contribution in [0.5, 0.6) is 0 Å². The van der Waals surface area contributed by atoms with Crippen molar-refractivity contribution in [1.82, 2.24) is 14.8 Å². The molecule has 1 heterocycles. The van der Waals surface area contributed by atoms with Crippen molar-refractivity contribution in [2.45, 2.75) is 54.7 Å². The van der Waals surface area contributed by atoms with E-state index >= 15 is 0 Å². The molecule has 21 heavy (non-hydrogen) atoms. The summed E-state index contributed by atoms with van der Waals surface area (Å²) in [4.78, 5) is 12.8. The van der Waals surface area contributed by atoms with Crippen LogP contribution in [0.3, 0.4) is 0 Å². The van der Waals surface area contributed by atoms with Gasteiger partial charge >= 0.3 is 5.69 Å². The van der Waals surface area contributed by atoms with E-state index in [1.807, 2.05) is 0 Å². The Balaban J connectivity index is 1.72. The highest BCUT2D eigenvalue weighted by atomic mass is 32.2. The second-order valence-electron chi connectivity index (χ2n) is 5.53. The quantitative estimate of drug-likeness (QED) is 0.859. The van der Waals surface area contributed by atoms with Crippen LogP contribution in [-0.4, -0.2) is 20.8 Å². The van der Waals surface area contributed by atoms with Gasteiger partial charge in [-0.1, -0.05) is 19.1 Å². The summed E-state index contributed by atoms with van der Waals surface area (Å²) < 4.78 is 1.77. The van der Waals surface area contributed by atoms with Gasteiger partial charge in [0.15, 0.2) is 5.16 Å². The van der Waals surface area contributed by atoms with Crippen molar-refractivity contribution in [2.24, 2.45) is 5.73 Å². The Bertz CT molecular complexity index is 657. The van der Waals surface area contributed by atoms with Crippen LogP contribution in [0.1, 0.15) is 37.8 Å². The third-order valence-corrected chi connectivity index (χ3v) is 4.72. The van der Waals surface area contributed by atoms with Crippen LogP contribution in [0.2, 0.25) is 0 Å². The van der Waals surface area contributed by atoms with Crippen molar-refractivity contribution in [3.63, 3.8) is 0 Å². The molecule has 112 valence electrons. The molecule has 3 rings (SSSR count). The minimum absolute atomic E-state index is 0.106. The molecule has 0 bridgehead atoms. The van der Waals surface area contributed by atoms with Gasteiger partial charge in [0.05, 0.1) is 0 Å². The van der Waals surface area contributed by atoms with E-state index in [-0.39, 0.29) is 11.7 Å². The van der Waals surface area contributed by atoms with E-state index in [9.17, 15) is 4.79 Å². The predicted octanol–water partition coefficient (Wildman–Crippen LogP) is 2.34. The molecule has 6 heteroatoms. The zero-order valence-corrected chi connectivity index (χ0v) is 12.9. The first kappa shape index (κ1) is 14.4. The maximum atomic E-state index is 11.7. The molecule has 1 fully saturated rings. The Hall–Kier alpha value is -1.53. The van der Waals surface area contributed by atoms with Gasteiger partial charge in [-0.15, -0.1) is 5.10 Å². The predicted molar refractivity (Wildman–Crippen MR) is 83.7 cm³/mol. The number of aromatic amines is 1. The lowest BCUT2D eigenvalue weighted by Crippen LogP contribution is -2.21. The minimum Gasteiger partial charge on any atom is -0.327 e. The van der Waals surface area contributed by atoms with Crippen LogP contribution in [0.25, 0.3) is 0 Å². The van der Waals surface area contributed by atoms with Crippen LogP contribution in [0.15, 0.2) is 39.1 Å². The molecular weight excluding hydrogens is 284 g/mol. The van der Waals surface area contributed by atoms with Crippen LogP contribution in [0, 0.1) is 0 Å². The molecule has 0 amide bonds. The van der Waals surface area contributed by atoms with Gasteiger partial charge in [-0.2, -0.15) is 0 Å². The van der Waals surface area contributed by atoms with Crippen LogP contribution in [-0.2, 0) is 6.42 Å².